The first-order valence-corrected chi connectivity index (χ1v) is 8.97. The second-order valence-electron chi connectivity index (χ2n) is 6.15. The summed E-state index contributed by atoms with van der Waals surface area (Å²) in [5.41, 5.74) is -0.0197. The summed E-state index contributed by atoms with van der Waals surface area (Å²) in [7, 11) is 0. The smallest absolute Gasteiger partial charge is 0.407 e. The zero-order valence-corrected chi connectivity index (χ0v) is 14.1. The van der Waals surface area contributed by atoms with Crippen molar-refractivity contribution in [1.29, 1.82) is 0 Å². The fourth-order valence-electron chi connectivity index (χ4n) is 3.04. The molecule has 3 rings (SSSR count). The summed E-state index contributed by atoms with van der Waals surface area (Å²) >= 11 is 1.41. The molecule has 23 heavy (non-hydrogen) atoms. The fraction of sp³-hybridized carbons (Fsp3) is 0.529. The Labute approximate surface area is 139 Å². The van der Waals surface area contributed by atoms with E-state index >= 15 is 0 Å². The van der Waals surface area contributed by atoms with Crippen molar-refractivity contribution in [1.82, 2.24) is 9.27 Å². The van der Waals surface area contributed by atoms with Gasteiger partial charge in [-0.3, -0.25) is 8.75 Å². The summed E-state index contributed by atoms with van der Waals surface area (Å²) in [4.78, 5) is 24.2. The lowest BCUT2D eigenvalue weighted by atomic mass is 9.96. The van der Waals surface area contributed by atoms with Gasteiger partial charge in [0.1, 0.15) is 6.10 Å². The fourth-order valence-corrected chi connectivity index (χ4v) is 4.14. The van der Waals surface area contributed by atoms with Crippen LogP contribution in [0.3, 0.4) is 0 Å². The Balaban J connectivity index is 1.57. The van der Waals surface area contributed by atoms with E-state index in [4.69, 9.17) is 4.74 Å². The molecule has 0 aliphatic heterocycles. The van der Waals surface area contributed by atoms with Gasteiger partial charge in [0.05, 0.1) is 16.6 Å². The molecule has 1 amide bonds. The average molecular weight is 334 g/mol. The number of nitrogens with zero attached hydrogens (tertiary/aromatic N) is 1. The Morgan fingerprint density at radius 3 is 2.83 bits per heavy atom. The van der Waals surface area contributed by atoms with Crippen LogP contribution in [-0.4, -0.2) is 22.2 Å². The van der Waals surface area contributed by atoms with Crippen LogP contribution in [0.2, 0.25) is 0 Å². The summed E-state index contributed by atoms with van der Waals surface area (Å²) < 4.78 is 8.02. The molecule has 0 radical (unpaired) electrons. The topological polar surface area (TPSA) is 60.3 Å². The molecule has 6 heteroatoms. The van der Waals surface area contributed by atoms with Gasteiger partial charge < -0.3 is 10.1 Å². The standard InChI is InChI=1S/C17H22N2O3S/c1-12(22-17(21)18-13-7-3-2-4-8-13)11-19-16(20)14-9-5-6-10-15(14)23-19/h5-6,9-10,12-13H,2-4,7-8,11H2,1H3,(H,18,21). The highest BCUT2D eigenvalue weighted by molar-refractivity contribution is 7.13. The zero-order valence-electron chi connectivity index (χ0n) is 13.3. The summed E-state index contributed by atoms with van der Waals surface area (Å²) in [6.45, 7) is 2.20. The molecule has 1 aromatic carbocycles. The number of hydrogen-bond donors (Lipinski definition) is 1. The van der Waals surface area contributed by atoms with Crippen LogP contribution >= 0.6 is 11.5 Å². The maximum Gasteiger partial charge on any atom is 0.407 e. The molecule has 0 saturated heterocycles. The zero-order chi connectivity index (χ0) is 16.2. The van der Waals surface area contributed by atoms with E-state index in [1.54, 1.807) is 3.96 Å². The van der Waals surface area contributed by atoms with Gasteiger partial charge in [0, 0.05) is 6.04 Å². The van der Waals surface area contributed by atoms with Gasteiger partial charge in [0.25, 0.3) is 5.56 Å². The Morgan fingerprint density at radius 2 is 2.09 bits per heavy atom. The third-order valence-corrected chi connectivity index (χ3v) is 5.30. The third kappa shape index (κ3) is 3.93. The van der Waals surface area contributed by atoms with Crippen molar-refractivity contribution in [3.05, 3.63) is 34.6 Å². The summed E-state index contributed by atoms with van der Waals surface area (Å²) in [6, 6.07) is 7.76. The van der Waals surface area contributed by atoms with E-state index in [1.165, 1.54) is 18.0 Å². The van der Waals surface area contributed by atoms with E-state index in [2.05, 4.69) is 5.32 Å². The largest absolute Gasteiger partial charge is 0.445 e. The molecule has 2 aromatic rings. The van der Waals surface area contributed by atoms with Crippen molar-refractivity contribution in [3.8, 4) is 0 Å². The predicted octanol–water partition coefficient (Wildman–Crippen LogP) is 3.51. The number of alkyl carbamates (subject to hydrolysis) is 1. The molecule has 1 atom stereocenters. The Bertz CT molecular complexity index is 731. The molecular weight excluding hydrogens is 312 g/mol. The first kappa shape index (κ1) is 16.1. The highest BCUT2D eigenvalue weighted by Gasteiger charge is 2.18. The van der Waals surface area contributed by atoms with Crippen molar-refractivity contribution in [2.24, 2.45) is 0 Å². The number of ether oxygens (including phenoxy) is 1. The lowest BCUT2D eigenvalue weighted by Gasteiger charge is -2.23. The first-order valence-electron chi connectivity index (χ1n) is 8.19. The number of carbonyl (C=O) groups is 1. The molecule has 1 heterocycles. The van der Waals surface area contributed by atoms with Crippen molar-refractivity contribution in [3.63, 3.8) is 0 Å². The number of aromatic nitrogens is 1. The molecule has 0 spiro atoms. The Kier molecular flexibility index (Phi) is 5.00. The van der Waals surface area contributed by atoms with Crippen LogP contribution in [-0.2, 0) is 11.3 Å². The van der Waals surface area contributed by atoms with Crippen LogP contribution in [0.15, 0.2) is 29.1 Å². The number of carbonyl (C=O) groups excluding carboxylic acids is 1. The van der Waals surface area contributed by atoms with Gasteiger partial charge >= 0.3 is 6.09 Å². The molecule has 0 bridgehead atoms. The maximum atomic E-state index is 12.3. The Hall–Kier alpha value is -1.82. The second-order valence-corrected chi connectivity index (χ2v) is 7.21. The van der Waals surface area contributed by atoms with Crippen LogP contribution in [0.4, 0.5) is 4.79 Å². The van der Waals surface area contributed by atoms with E-state index < -0.39 is 0 Å². The maximum absolute atomic E-state index is 12.3. The SMILES string of the molecule is CC(Cn1sc2ccccc2c1=O)OC(=O)NC1CCCCC1. The van der Waals surface area contributed by atoms with Crippen LogP contribution < -0.4 is 10.9 Å². The van der Waals surface area contributed by atoms with Crippen molar-refractivity contribution in [2.75, 3.05) is 0 Å². The van der Waals surface area contributed by atoms with E-state index in [0.717, 1.165) is 35.8 Å². The molecule has 124 valence electrons. The molecule has 1 unspecified atom stereocenters. The van der Waals surface area contributed by atoms with Crippen LogP contribution in [0.5, 0.6) is 0 Å². The first-order chi connectivity index (χ1) is 11.1. The summed E-state index contributed by atoms with van der Waals surface area (Å²) in [5, 5.41) is 3.65. The third-order valence-electron chi connectivity index (χ3n) is 4.21. The molecule has 5 nitrogen and oxygen atoms in total. The molecular formula is C17H22N2O3S. The van der Waals surface area contributed by atoms with Gasteiger partial charge in [-0.05, 0) is 31.9 Å². The normalized spacial score (nSPS) is 17.1. The summed E-state index contributed by atoms with van der Waals surface area (Å²) in [6.07, 6.45) is 4.91. The van der Waals surface area contributed by atoms with E-state index in [9.17, 15) is 9.59 Å². The molecule has 1 aromatic heterocycles. The summed E-state index contributed by atoms with van der Waals surface area (Å²) in [5.74, 6) is 0. The van der Waals surface area contributed by atoms with Gasteiger partial charge in [0.2, 0.25) is 0 Å². The minimum absolute atomic E-state index is 0.0197. The number of nitrogens with one attached hydrogen (secondary N) is 1. The highest BCUT2D eigenvalue weighted by Crippen LogP contribution is 2.18. The molecule has 1 fully saturated rings. The number of hydrogen-bond acceptors (Lipinski definition) is 4. The number of fused-ring (bicyclic) bond motifs is 1. The van der Waals surface area contributed by atoms with Gasteiger partial charge in [0.15, 0.2) is 0 Å². The van der Waals surface area contributed by atoms with Crippen LogP contribution in [0.25, 0.3) is 10.1 Å². The van der Waals surface area contributed by atoms with Gasteiger partial charge in [-0.2, -0.15) is 0 Å². The van der Waals surface area contributed by atoms with E-state index in [-0.39, 0.29) is 23.8 Å². The van der Waals surface area contributed by atoms with E-state index in [0.29, 0.717) is 6.54 Å². The molecule has 1 N–H and O–H groups in total. The van der Waals surface area contributed by atoms with Gasteiger partial charge in [-0.25, -0.2) is 4.79 Å². The lowest BCUT2D eigenvalue weighted by molar-refractivity contribution is 0.0938. The lowest BCUT2D eigenvalue weighted by Crippen LogP contribution is -2.38. The molecule has 1 aliphatic carbocycles. The van der Waals surface area contributed by atoms with Gasteiger partial charge in [-0.1, -0.05) is 42.9 Å². The van der Waals surface area contributed by atoms with E-state index in [1.807, 2.05) is 31.2 Å². The molecule has 1 saturated carbocycles. The number of benzene rings is 1. The minimum Gasteiger partial charge on any atom is -0.445 e. The predicted molar refractivity (Wildman–Crippen MR) is 92.0 cm³/mol. The molecule has 1 aliphatic rings. The monoisotopic (exact) mass is 334 g/mol. The van der Waals surface area contributed by atoms with Crippen molar-refractivity contribution in [2.45, 2.75) is 57.7 Å². The highest BCUT2D eigenvalue weighted by atomic mass is 32.1. The van der Waals surface area contributed by atoms with Gasteiger partial charge in [-0.15, -0.1) is 0 Å². The Morgan fingerprint density at radius 1 is 1.35 bits per heavy atom. The quantitative estimate of drug-likeness (QED) is 0.931. The van der Waals surface area contributed by atoms with Crippen LogP contribution in [0, 0.1) is 0 Å². The average Bonchev–Trinajstić information content (AvgIpc) is 2.84. The number of amides is 1. The second kappa shape index (κ2) is 7.17. The van der Waals surface area contributed by atoms with Crippen molar-refractivity contribution >= 4 is 27.7 Å². The minimum atomic E-state index is -0.376. The van der Waals surface area contributed by atoms with Crippen molar-refractivity contribution < 1.29 is 9.53 Å². The van der Waals surface area contributed by atoms with Crippen LogP contribution in [0.1, 0.15) is 39.0 Å². The number of rotatable bonds is 4.